The maximum Gasteiger partial charge on any atom is 0.307 e. The van der Waals surface area contributed by atoms with Crippen molar-refractivity contribution in [3.63, 3.8) is 0 Å². The van der Waals surface area contributed by atoms with Crippen molar-refractivity contribution in [2.24, 2.45) is 0 Å². The van der Waals surface area contributed by atoms with Gasteiger partial charge in [0.1, 0.15) is 10.1 Å². The van der Waals surface area contributed by atoms with Gasteiger partial charge in [-0.05, 0) is 104 Å². The number of rotatable bonds is 17. The molecule has 2 aliphatic heterocycles. The Kier molecular flexibility index (Phi) is 14.5. The van der Waals surface area contributed by atoms with E-state index in [1.807, 2.05) is 30.3 Å². The van der Waals surface area contributed by atoms with Gasteiger partial charge in [0, 0.05) is 62.2 Å². The first-order chi connectivity index (χ1) is 30.1. The Balaban J connectivity index is 1.49. The molecule has 14 heteroatoms. The molecular formula is C51H67N4O7S3+. The molecule has 65 heavy (non-hydrogen) atoms. The number of quaternary nitrogens is 2. The van der Waals surface area contributed by atoms with Gasteiger partial charge >= 0.3 is 5.97 Å². The number of benzene rings is 3. The average Bonchev–Trinajstić information content (AvgIpc) is 3.53. The lowest BCUT2D eigenvalue weighted by atomic mass is 9.81. The molecule has 1 atom stereocenters. The molecule has 6 rings (SSSR count). The van der Waals surface area contributed by atoms with E-state index in [1.54, 1.807) is 36.0 Å². The van der Waals surface area contributed by atoms with E-state index in [0.29, 0.717) is 6.54 Å². The maximum absolute atomic E-state index is 12.7. The second kappa shape index (κ2) is 18.8. The van der Waals surface area contributed by atoms with Crippen molar-refractivity contribution in [2.45, 2.75) is 91.7 Å². The summed E-state index contributed by atoms with van der Waals surface area (Å²) in [6.07, 6.45) is 13.1. The van der Waals surface area contributed by atoms with E-state index in [2.05, 4.69) is 110 Å². The summed E-state index contributed by atoms with van der Waals surface area (Å²) < 4.78 is 65.9. The molecule has 0 radical (unpaired) electrons. The second-order valence-corrected chi connectivity index (χ2v) is 24.9. The number of aliphatic carboxylic acids is 1. The highest BCUT2D eigenvalue weighted by Crippen LogP contribution is 2.50. The fourth-order valence-electron chi connectivity index (χ4n) is 9.22. The van der Waals surface area contributed by atoms with E-state index in [-0.39, 0.29) is 16.2 Å². The third-order valence-electron chi connectivity index (χ3n) is 12.7. The van der Waals surface area contributed by atoms with Crippen molar-refractivity contribution in [2.75, 3.05) is 73.4 Å². The maximum atomic E-state index is 12.7. The average molecular weight is 944 g/mol. The lowest BCUT2D eigenvalue weighted by Crippen LogP contribution is -2.37. The molecule has 3 aromatic carbocycles. The molecule has 0 amide bonds. The fourth-order valence-corrected chi connectivity index (χ4v) is 11.4. The predicted octanol–water partition coefficient (Wildman–Crippen LogP) is 8.39. The summed E-state index contributed by atoms with van der Waals surface area (Å²) in [6, 6.07) is 17.8. The topological polar surface area (TPSA) is 141 Å². The van der Waals surface area contributed by atoms with E-state index < -0.39 is 36.7 Å². The minimum Gasteiger partial charge on any atom is -0.774 e. The molecule has 11 nitrogen and oxygen atoms in total. The third kappa shape index (κ3) is 11.8. The van der Waals surface area contributed by atoms with Crippen LogP contribution in [0, 0.1) is 0 Å². The SMILES string of the molecule is C=S(=O)([O-])c1ccc2c(c1)C(C)(C)C(C=CC1=C(Sc3ccc(CC(=O)O)cc3)C(=CC=C3N(CCC[N+](C)(C)C)c4ccc(S(=O)(=O)[O-])cc4C3(C)C)CCC1)=[N+]2CCC[N+](C)(C)C. The van der Waals surface area contributed by atoms with Crippen LogP contribution in [0.2, 0.25) is 0 Å². The number of carboxylic acids is 1. The van der Waals surface area contributed by atoms with Crippen LogP contribution in [0.4, 0.5) is 11.4 Å². The highest BCUT2D eigenvalue weighted by Gasteiger charge is 2.45. The third-order valence-corrected chi connectivity index (χ3v) is 15.7. The van der Waals surface area contributed by atoms with Crippen LogP contribution in [0.1, 0.15) is 76.5 Å². The minimum atomic E-state index is -4.66. The zero-order valence-corrected chi connectivity index (χ0v) is 42.2. The summed E-state index contributed by atoms with van der Waals surface area (Å²) in [5.74, 6) is 2.56. The number of fused-ring (bicyclic) bond motifs is 2. The van der Waals surface area contributed by atoms with Gasteiger partial charge in [0.15, 0.2) is 12.3 Å². The fraction of sp³-hybridized carbons (Fsp3) is 0.431. The van der Waals surface area contributed by atoms with Gasteiger partial charge in [-0.3, -0.25) is 9.00 Å². The van der Waals surface area contributed by atoms with Gasteiger partial charge in [0.25, 0.3) is 0 Å². The Labute approximate surface area is 392 Å². The Bertz CT molecular complexity index is 2730. The van der Waals surface area contributed by atoms with Gasteiger partial charge in [-0.1, -0.05) is 65.6 Å². The van der Waals surface area contributed by atoms with Crippen molar-refractivity contribution in [1.82, 2.24) is 0 Å². The van der Waals surface area contributed by atoms with Crippen LogP contribution in [0.3, 0.4) is 0 Å². The van der Waals surface area contributed by atoms with E-state index in [9.17, 15) is 31.6 Å². The zero-order chi connectivity index (χ0) is 47.9. The highest BCUT2D eigenvalue weighted by molar-refractivity contribution is 8.03. The number of hydrogen-bond donors (Lipinski definition) is 1. The quantitative estimate of drug-likeness (QED) is 0.0612. The number of nitrogens with zero attached hydrogens (tertiary/aromatic N) is 4. The Morgan fingerprint density at radius 2 is 1.46 bits per heavy atom. The van der Waals surface area contributed by atoms with E-state index in [0.717, 1.165) is 121 Å². The number of carboxylic acid groups (broad SMARTS) is 1. The van der Waals surface area contributed by atoms with Crippen molar-refractivity contribution >= 4 is 60.6 Å². The summed E-state index contributed by atoms with van der Waals surface area (Å²) in [4.78, 5) is 15.8. The lowest BCUT2D eigenvalue weighted by Gasteiger charge is -2.29. The lowest BCUT2D eigenvalue weighted by molar-refractivity contribution is -0.871. The molecule has 3 aromatic rings. The van der Waals surface area contributed by atoms with Crippen LogP contribution < -0.4 is 4.90 Å². The summed E-state index contributed by atoms with van der Waals surface area (Å²) >= 11 is 1.66. The second-order valence-electron chi connectivity index (χ2n) is 20.7. The summed E-state index contributed by atoms with van der Waals surface area (Å²) in [6.45, 7) is 11.8. The smallest absolute Gasteiger partial charge is 0.307 e. The van der Waals surface area contributed by atoms with Crippen LogP contribution in [0.15, 0.2) is 121 Å². The Morgan fingerprint density at radius 1 is 0.831 bits per heavy atom. The summed E-state index contributed by atoms with van der Waals surface area (Å²) in [7, 11) is 4.70. The van der Waals surface area contributed by atoms with Gasteiger partial charge in [0.05, 0.1) is 78.5 Å². The van der Waals surface area contributed by atoms with Crippen LogP contribution in [0.25, 0.3) is 0 Å². The number of allylic oxidation sites excluding steroid dienone is 7. The van der Waals surface area contributed by atoms with Crippen LogP contribution >= 0.6 is 11.8 Å². The summed E-state index contributed by atoms with van der Waals surface area (Å²) in [5.41, 5.74) is 7.63. The number of thioether (sulfide) groups is 1. The van der Waals surface area contributed by atoms with Crippen molar-refractivity contribution in [3.8, 4) is 0 Å². The molecule has 3 aliphatic rings. The van der Waals surface area contributed by atoms with Crippen LogP contribution in [-0.4, -0.2) is 126 Å². The monoisotopic (exact) mass is 943 g/mol. The van der Waals surface area contributed by atoms with Crippen molar-refractivity contribution in [3.05, 3.63) is 123 Å². The molecule has 1 unspecified atom stereocenters. The number of carbonyl (C=O) groups is 1. The normalized spacial score (nSPS) is 19.7. The highest BCUT2D eigenvalue weighted by atomic mass is 32.2. The molecule has 0 saturated carbocycles. The zero-order valence-electron chi connectivity index (χ0n) is 39.8. The molecular weight excluding hydrogens is 877 g/mol. The molecule has 2 heterocycles. The molecule has 0 spiro atoms. The van der Waals surface area contributed by atoms with Gasteiger partial charge in [-0.2, -0.15) is 4.58 Å². The van der Waals surface area contributed by atoms with Crippen molar-refractivity contribution in [1.29, 1.82) is 0 Å². The molecule has 0 saturated heterocycles. The minimum absolute atomic E-state index is 0.0592. The standard InChI is InChI=1S/C51H66N4O7S3/c1-50(2)42-34-40(64(11,58)59)23-25-44(42)52(29-13-31-54(5,6)7)46(50)27-19-37-15-12-16-38(49(37)63-39-21-17-36(18-22-39)33-48(56)57)20-28-47-51(3,4)43-35-41(65(60,61)62)24-26-45(43)53(47)30-14-32-55(8,9)10/h17-28,34-35H,11-16,29-33H2,1-10H3/p+1. The van der Waals surface area contributed by atoms with Gasteiger partial charge < -0.3 is 28.1 Å². The Hall–Kier alpha value is -4.28. The molecule has 0 fully saturated rings. The van der Waals surface area contributed by atoms with E-state index in [4.69, 9.17) is 0 Å². The van der Waals surface area contributed by atoms with Gasteiger partial charge in [-0.15, -0.1) is 0 Å². The molecule has 0 bridgehead atoms. The number of anilines is 1. The van der Waals surface area contributed by atoms with E-state index in [1.165, 1.54) is 6.07 Å². The summed E-state index contributed by atoms with van der Waals surface area (Å²) in [5, 5.41) is 9.44. The first-order valence-corrected chi connectivity index (χ1v) is 26.1. The predicted molar refractivity (Wildman–Crippen MR) is 263 cm³/mol. The first-order valence-electron chi connectivity index (χ1n) is 22.2. The molecule has 0 aromatic heterocycles. The van der Waals surface area contributed by atoms with Gasteiger partial charge in [0.2, 0.25) is 5.69 Å². The first kappa shape index (κ1) is 50.1. The Morgan fingerprint density at radius 3 is 2.08 bits per heavy atom. The van der Waals surface area contributed by atoms with Gasteiger partial charge in [-0.25, -0.2) is 8.42 Å². The molecule has 350 valence electrons. The van der Waals surface area contributed by atoms with Crippen LogP contribution in [0.5, 0.6) is 0 Å². The largest absolute Gasteiger partial charge is 0.774 e. The van der Waals surface area contributed by atoms with Crippen molar-refractivity contribution < 1.29 is 45.2 Å². The number of hydrogen-bond acceptors (Lipinski definition) is 8. The molecule has 1 aliphatic carbocycles. The van der Waals surface area contributed by atoms with E-state index >= 15 is 0 Å². The molecule has 1 N–H and O–H groups in total. The van der Waals surface area contributed by atoms with Crippen LogP contribution in [-0.2, 0) is 42.0 Å².